The van der Waals surface area contributed by atoms with Crippen LogP contribution in [0.4, 0.5) is 0 Å². The molecule has 5 rings (SSSR count). The van der Waals surface area contributed by atoms with Gasteiger partial charge in [0, 0.05) is 19.0 Å². The van der Waals surface area contributed by atoms with Crippen molar-refractivity contribution < 1.29 is 9.21 Å². The van der Waals surface area contributed by atoms with E-state index in [0.29, 0.717) is 24.6 Å². The first kappa shape index (κ1) is 16.3. The molecule has 1 aliphatic heterocycles. The third-order valence-corrected chi connectivity index (χ3v) is 5.85. The lowest BCUT2D eigenvalue weighted by Crippen LogP contribution is -2.50. The second kappa shape index (κ2) is 6.08. The molecule has 6 nitrogen and oxygen atoms in total. The number of nitrogens with one attached hydrogen (secondary N) is 1. The summed E-state index contributed by atoms with van der Waals surface area (Å²) in [5.41, 5.74) is 2.31. The molecular weight excluding hydrogens is 342 g/mol. The number of fused-ring (bicyclic) bond motifs is 1. The maximum absolute atomic E-state index is 12.8. The highest BCUT2D eigenvalue weighted by Crippen LogP contribution is 2.36. The summed E-state index contributed by atoms with van der Waals surface area (Å²) in [4.78, 5) is 34.9. The van der Waals surface area contributed by atoms with Gasteiger partial charge in [-0.15, -0.1) is 0 Å². The fourth-order valence-corrected chi connectivity index (χ4v) is 3.93. The number of aryl methyl sites for hydroxylation is 1. The van der Waals surface area contributed by atoms with Crippen LogP contribution in [0, 0.1) is 6.92 Å². The van der Waals surface area contributed by atoms with E-state index in [9.17, 15) is 9.59 Å². The van der Waals surface area contributed by atoms with Crippen LogP contribution in [0.15, 0.2) is 39.5 Å². The molecule has 27 heavy (non-hydrogen) atoms. The molecule has 0 bridgehead atoms. The number of imidazole rings is 1. The first-order valence-corrected chi connectivity index (χ1v) is 9.48. The molecule has 1 amide bonds. The monoisotopic (exact) mass is 363 g/mol. The minimum atomic E-state index is -0.505. The standard InChI is InChI=1S/C21H21N3O3/c1-12-9-17(13-5-4-6-13)27-21(26)18(12)20(25)24-10-14(11-24)19-22-15-7-2-3-8-16(15)23-19/h2-3,7-9,13-14H,4-6,10-11H2,1H3,(H,22,23). The Labute approximate surface area is 156 Å². The van der Waals surface area contributed by atoms with E-state index < -0.39 is 5.63 Å². The number of likely N-dealkylation sites (tertiary alicyclic amines) is 1. The number of H-pyrrole nitrogens is 1. The number of aromatic nitrogens is 2. The van der Waals surface area contributed by atoms with E-state index in [0.717, 1.165) is 35.5 Å². The molecule has 0 unspecified atom stereocenters. The van der Waals surface area contributed by atoms with E-state index in [2.05, 4.69) is 9.97 Å². The van der Waals surface area contributed by atoms with Crippen LogP contribution >= 0.6 is 0 Å². The predicted molar refractivity (Wildman–Crippen MR) is 101 cm³/mol. The SMILES string of the molecule is Cc1cc(C2CCC2)oc(=O)c1C(=O)N1CC(c2nc3ccccc3[nH]2)C1. The maximum atomic E-state index is 12.8. The van der Waals surface area contributed by atoms with Gasteiger partial charge in [-0.2, -0.15) is 0 Å². The molecule has 138 valence electrons. The van der Waals surface area contributed by atoms with Gasteiger partial charge in [0.25, 0.3) is 5.91 Å². The zero-order valence-corrected chi connectivity index (χ0v) is 15.2. The van der Waals surface area contributed by atoms with Crippen molar-refractivity contribution in [1.29, 1.82) is 0 Å². The summed E-state index contributed by atoms with van der Waals surface area (Å²) in [5.74, 6) is 1.88. The highest BCUT2D eigenvalue weighted by Gasteiger charge is 2.36. The van der Waals surface area contributed by atoms with Crippen molar-refractivity contribution in [3.63, 3.8) is 0 Å². The lowest BCUT2D eigenvalue weighted by Gasteiger charge is -2.38. The summed E-state index contributed by atoms with van der Waals surface area (Å²) in [6.45, 7) is 2.94. The second-order valence-electron chi connectivity index (χ2n) is 7.67. The van der Waals surface area contributed by atoms with Gasteiger partial charge in [0.15, 0.2) is 0 Å². The molecule has 6 heteroatoms. The Morgan fingerprint density at radius 2 is 2.00 bits per heavy atom. The van der Waals surface area contributed by atoms with Crippen molar-refractivity contribution in [2.24, 2.45) is 0 Å². The van der Waals surface area contributed by atoms with Crippen LogP contribution < -0.4 is 5.63 Å². The average Bonchev–Trinajstić information content (AvgIpc) is 2.94. The number of nitrogens with zero attached hydrogens (tertiary/aromatic N) is 2. The van der Waals surface area contributed by atoms with Crippen LogP contribution in [0.25, 0.3) is 11.0 Å². The number of carbonyl (C=O) groups excluding carboxylic acids is 1. The van der Waals surface area contributed by atoms with Gasteiger partial charge in [0.05, 0.1) is 17.0 Å². The van der Waals surface area contributed by atoms with Crippen LogP contribution in [-0.4, -0.2) is 33.9 Å². The molecular formula is C21H21N3O3. The molecule has 1 aromatic carbocycles. The van der Waals surface area contributed by atoms with Gasteiger partial charge in [-0.3, -0.25) is 4.79 Å². The molecule has 0 spiro atoms. The summed E-state index contributed by atoms with van der Waals surface area (Å²) in [7, 11) is 0. The molecule has 2 aliphatic rings. The van der Waals surface area contributed by atoms with Gasteiger partial charge >= 0.3 is 5.63 Å². The largest absolute Gasteiger partial charge is 0.427 e. The van der Waals surface area contributed by atoms with Crippen LogP contribution in [-0.2, 0) is 0 Å². The van der Waals surface area contributed by atoms with Gasteiger partial charge in [0.1, 0.15) is 17.1 Å². The lowest BCUT2D eigenvalue weighted by atomic mass is 9.83. The van der Waals surface area contributed by atoms with E-state index in [4.69, 9.17) is 4.42 Å². The average molecular weight is 363 g/mol. The Balaban J connectivity index is 1.33. The van der Waals surface area contributed by atoms with E-state index >= 15 is 0 Å². The number of amides is 1. The molecule has 3 aromatic rings. The Morgan fingerprint density at radius 1 is 1.22 bits per heavy atom. The number of para-hydroxylation sites is 2. The van der Waals surface area contributed by atoms with Crippen molar-refractivity contribution in [3.8, 4) is 0 Å². The summed E-state index contributed by atoms with van der Waals surface area (Å²) >= 11 is 0. The van der Waals surface area contributed by atoms with Crippen molar-refractivity contribution in [2.45, 2.75) is 38.0 Å². The summed E-state index contributed by atoms with van der Waals surface area (Å²) in [6.07, 6.45) is 3.28. The maximum Gasteiger partial charge on any atom is 0.349 e. The Morgan fingerprint density at radius 3 is 2.67 bits per heavy atom. The molecule has 2 fully saturated rings. The number of hydrogen-bond acceptors (Lipinski definition) is 4. The lowest BCUT2D eigenvalue weighted by molar-refractivity contribution is 0.0589. The number of benzene rings is 1. The first-order chi connectivity index (χ1) is 13.1. The minimum absolute atomic E-state index is 0.168. The van der Waals surface area contributed by atoms with Crippen LogP contribution in [0.5, 0.6) is 0 Å². The zero-order valence-electron chi connectivity index (χ0n) is 15.2. The first-order valence-electron chi connectivity index (χ1n) is 9.48. The van der Waals surface area contributed by atoms with Crippen molar-refractivity contribution in [2.75, 3.05) is 13.1 Å². The summed E-state index contributed by atoms with van der Waals surface area (Å²) in [5, 5.41) is 0. The van der Waals surface area contributed by atoms with Crippen LogP contribution in [0.3, 0.4) is 0 Å². The molecule has 3 heterocycles. The topological polar surface area (TPSA) is 79.2 Å². The number of carbonyl (C=O) groups is 1. The van der Waals surface area contributed by atoms with Gasteiger partial charge < -0.3 is 14.3 Å². The minimum Gasteiger partial charge on any atom is -0.427 e. The fourth-order valence-electron chi connectivity index (χ4n) is 3.93. The molecule has 2 aromatic heterocycles. The fraction of sp³-hybridized carbons (Fsp3) is 0.381. The van der Waals surface area contributed by atoms with Crippen molar-refractivity contribution in [1.82, 2.24) is 14.9 Å². The van der Waals surface area contributed by atoms with E-state index in [1.807, 2.05) is 37.3 Å². The number of rotatable bonds is 3. The quantitative estimate of drug-likeness (QED) is 0.774. The second-order valence-corrected chi connectivity index (χ2v) is 7.67. The van der Waals surface area contributed by atoms with Crippen LogP contribution in [0.2, 0.25) is 0 Å². The van der Waals surface area contributed by atoms with Crippen molar-refractivity contribution >= 4 is 16.9 Å². The number of aromatic amines is 1. The third-order valence-electron chi connectivity index (χ3n) is 5.85. The highest BCUT2D eigenvalue weighted by molar-refractivity contribution is 5.95. The molecule has 1 aliphatic carbocycles. The van der Waals surface area contributed by atoms with E-state index in [-0.39, 0.29) is 17.4 Å². The summed E-state index contributed by atoms with van der Waals surface area (Å²) in [6, 6.07) is 9.75. The summed E-state index contributed by atoms with van der Waals surface area (Å²) < 4.78 is 5.46. The number of hydrogen-bond donors (Lipinski definition) is 1. The van der Waals surface area contributed by atoms with Gasteiger partial charge in [0.2, 0.25) is 0 Å². The molecule has 0 atom stereocenters. The Bertz CT molecular complexity index is 1050. The van der Waals surface area contributed by atoms with E-state index in [1.54, 1.807) is 4.90 Å². The van der Waals surface area contributed by atoms with Gasteiger partial charge in [-0.1, -0.05) is 18.6 Å². The van der Waals surface area contributed by atoms with Crippen LogP contribution in [0.1, 0.15) is 58.6 Å². The Hall–Kier alpha value is -2.89. The predicted octanol–water partition coefficient (Wildman–Crippen LogP) is 3.33. The van der Waals surface area contributed by atoms with Gasteiger partial charge in [-0.05, 0) is 43.5 Å². The third kappa shape index (κ3) is 2.67. The highest BCUT2D eigenvalue weighted by atomic mass is 16.4. The molecule has 1 N–H and O–H groups in total. The normalized spacial score (nSPS) is 17.7. The zero-order chi connectivity index (χ0) is 18.5. The van der Waals surface area contributed by atoms with Crippen molar-refractivity contribution in [3.05, 3.63) is 63.5 Å². The molecule has 1 saturated heterocycles. The Kier molecular flexibility index (Phi) is 3.67. The van der Waals surface area contributed by atoms with E-state index in [1.165, 1.54) is 6.42 Å². The smallest absolute Gasteiger partial charge is 0.349 e. The van der Waals surface area contributed by atoms with Gasteiger partial charge in [-0.25, -0.2) is 9.78 Å². The molecule has 1 saturated carbocycles. The molecule has 0 radical (unpaired) electrons.